The van der Waals surface area contributed by atoms with E-state index in [0.29, 0.717) is 24.5 Å². The summed E-state index contributed by atoms with van der Waals surface area (Å²) in [4.78, 5) is 0.747. The van der Waals surface area contributed by atoms with E-state index in [9.17, 15) is 0 Å². The molecule has 27 heavy (non-hydrogen) atoms. The fourth-order valence-electron chi connectivity index (χ4n) is 2.70. The van der Waals surface area contributed by atoms with Crippen molar-refractivity contribution in [2.45, 2.75) is 13.0 Å². The van der Waals surface area contributed by atoms with Crippen LogP contribution in [0.15, 0.2) is 48.5 Å². The molecule has 2 heterocycles. The molecule has 2 aromatic carbocycles. The lowest BCUT2D eigenvalue weighted by atomic mass is 10.1. The zero-order chi connectivity index (χ0) is 18.6. The van der Waals surface area contributed by atoms with Crippen LogP contribution >= 0.6 is 11.3 Å². The number of fused-ring (bicyclic) bond motifs is 1. The average molecular weight is 382 g/mol. The monoisotopic (exact) mass is 382 g/mol. The summed E-state index contributed by atoms with van der Waals surface area (Å²) in [6, 6.07) is 15.5. The number of rotatable bonds is 7. The number of aromatic nitrogens is 4. The normalized spacial score (nSPS) is 10.9. The van der Waals surface area contributed by atoms with Crippen molar-refractivity contribution in [1.29, 1.82) is 0 Å². The number of nitrogens with zero attached hydrogens (tertiary/aromatic N) is 4. The fraction of sp³-hybridized carbons (Fsp3) is 0.211. The molecule has 0 amide bonds. The third-order valence-electron chi connectivity index (χ3n) is 4.01. The lowest BCUT2D eigenvalue weighted by molar-refractivity contribution is 0.304. The highest BCUT2D eigenvalue weighted by molar-refractivity contribution is 7.16. The number of hydrogen-bond donors (Lipinski definition) is 0. The van der Waals surface area contributed by atoms with Crippen LogP contribution in [-0.2, 0) is 13.0 Å². The van der Waals surface area contributed by atoms with Gasteiger partial charge in [-0.3, -0.25) is 0 Å². The zero-order valence-electron chi connectivity index (χ0n) is 15.0. The van der Waals surface area contributed by atoms with Gasteiger partial charge in [0.05, 0.1) is 14.2 Å². The van der Waals surface area contributed by atoms with Crippen molar-refractivity contribution in [1.82, 2.24) is 19.8 Å². The Labute approximate surface area is 160 Å². The first-order chi connectivity index (χ1) is 13.3. The van der Waals surface area contributed by atoms with Crippen LogP contribution < -0.4 is 14.2 Å². The van der Waals surface area contributed by atoms with Crippen LogP contribution in [0, 0.1) is 0 Å². The molecule has 0 atom stereocenters. The van der Waals surface area contributed by atoms with Gasteiger partial charge in [0.1, 0.15) is 12.4 Å². The van der Waals surface area contributed by atoms with Gasteiger partial charge in [0.25, 0.3) is 0 Å². The van der Waals surface area contributed by atoms with E-state index in [2.05, 4.69) is 15.3 Å². The summed E-state index contributed by atoms with van der Waals surface area (Å²) >= 11 is 1.47. The van der Waals surface area contributed by atoms with Gasteiger partial charge in [-0.2, -0.15) is 9.61 Å². The maximum absolute atomic E-state index is 5.76. The van der Waals surface area contributed by atoms with E-state index in [1.165, 1.54) is 11.3 Å². The SMILES string of the molecule is COc1ccc(Cc2nnc3sc(COc4ccccc4)nn23)cc1OC. The predicted molar refractivity (Wildman–Crippen MR) is 102 cm³/mol. The number of para-hydroxylation sites is 1. The molecule has 0 aliphatic rings. The van der Waals surface area contributed by atoms with Crippen molar-refractivity contribution in [3.05, 3.63) is 64.9 Å². The van der Waals surface area contributed by atoms with Gasteiger partial charge in [-0.05, 0) is 29.8 Å². The van der Waals surface area contributed by atoms with Crippen molar-refractivity contribution in [2.24, 2.45) is 0 Å². The van der Waals surface area contributed by atoms with Crippen LogP contribution in [0.3, 0.4) is 0 Å². The first kappa shape index (κ1) is 17.3. The molecule has 0 N–H and O–H groups in total. The molecule has 0 unspecified atom stereocenters. The van der Waals surface area contributed by atoms with Gasteiger partial charge in [0, 0.05) is 6.42 Å². The summed E-state index contributed by atoms with van der Waals surface area (Å²) in [6.07, 6.45) is 0.588. The molecule has 0 bridgehead atoms. The molecular formula is C19H18N4O3S. The first-order valence-electron chi connectivity index (χ1n) is 8.35. The maximum Gasteiger partial charge on any atom is 0.234 e. The molecule has 4 aromatic rings. The lowest BCUT2D eigenvalue weighted by Gasteiger charge is -2.08. The Kier molecular flexibility index (Phi) is 4.88. The Morgan fingerprint density at radius 1 is 0.963 bits per heavy atom. The standard InChI is InChI=1S/C19H18N4O3S/c1-24-15-9-8-13(10-16(15)25-2)11-17-20-21-19-23(17)22-18(27-19)12-26-14-6-4-3-5-7-14/h3-10H,11-12H2,1-2H3. The van der Waals surface area contributed by atoms with E-state index in [1.807, 2.05) is 48.5 Å². The highest BCUT2D eigenvalue weighted by Gasteiger charge is 2.14. The molecule has 4 rings (SSSR count). The van der Waals surface area contributed by atoms with Crippen molar-refractivity contribution in [3.63, 3.8) is 0 Å². The van der Waals surface area contributed by atoms with E-state index < -0.39 is 0 Å². The second-order valence-corrected chi connectivity index (χ2v) is 6.81. The molecule has 0 saturated carbocycles. The van der Waals surface area contributed by atoms with Crippen molar-refractivity contribution >= 4 is 16.3 Å². The Balaban J connectivity index is 1.52. The number of hydrogen-bond acceptors (Lipinski definition) is 7. The average Bonchev–Trinajstić information content (AvgIpc) is 3.28. The highest BCUT2D eigenvalue weighted by atomic mass is 32.1. The van der Waals surface area contributed by atoms with Crippen LogP contribution in [0.4, 0.5) is 0 Å². The summed E-state index contributed by atoms with van der Waals surface area (Å²) < 4.78 is 18.2. The predicted octanol–water partition coefficient (Wildman–Crippen LogP) is 3.37. The Hall–Kier alpha value is -3.13. The Morgan fingerprint density at radius 2 is 1.78 bits per heavy atom. The second-order valence-electron chi connectivity index (χ2n) is 5.77. The van der Waals surface area contributed by atoms with Gasteiger partial charge in [-0.1, -0.05) is 35.6 Å². The molecule has 2 aromatic heterocycles. The van der Waals surface area contributed by atoms with E-state index in [1.54, 1.807) is 18.7 Å². The van der Waals surface area contributed by atoms with Gasteiger partial charge in [-0.15, -0.1) is 10.2 Å². The summed E-state index contributed by atoms with van der Waals surface area (Å²) in [5, 5.41) is 13.9. The zero-order valence-corrected chi connectivity index (χ0v) is 15.8. The van der Waals surface area contributed by atoms with Gasteiger partial charge in [0.2, 0.25) is 4.96 Å². The summed E-state index contributed by atoms with van der Waals surface area (Å²) in [6.45, 7) is 0.397. The minimum absolute atomic E-state index is 0.397. The van der Waals surface area contributed by atoms with Crippen molar-refractivity contribution < 1.29 is 14.2 Å². The summed E-state index contributed by atoms with van der Waals surface area (Å²) in [5.74, 6) is 2.96. The van der Waals surface area contributed by atoms with Crippen LogP contribution in [0.5, 0.6) is 17.2 Å². The van der Waals surface area contributed by atoms with E-state index in [4.69, 9.17) is 14.2 Å². The number of ether oxygens (including phenoxy) is 3. The molecule has 0 aliphatic carbocycles. The summed E-state index contributed by atoms with van der Waals surface area (Å²) in [5.41, 5.74) is 1.04. The number of methoxy groups -OCH3 is 2. The smallest absolute Gasteiger partial charge is 0.234 e. The molecule has 0 saturated heterocycles. The minimum Gasteiger partial charge on any atom is -0.493 e. The minimum atomic E-state index is 0.397. The Bertz CT molecular complexity index is 1050. The van der Waals surface area contributed by atoms with Crippen LogP contribution in [-0.4, -0.2) is 34.0 Å². The maximum atomic E-state index is 5.76. The fourth-order valence-corrected chi connectivity index (χ4v) is 3.47. The largest absolute Gasteiger partial charge is 0.493 e. The van der Waals surface area contributed by atoms with Crippen molar-refractivity contribution in [3.8, 4) is 17.2 Å². The van der Waals surface area contributed by atoms with Gasteiger partial charge in [0.15, 0.2) is 22.3 Å². The third-order valence-corrected chi connectivity index (χ3v) is 4.89. The van der Waals surface area contributed by atoms with Crippen LogP contribution in [0.1, 0.15) is 16.4 Å². The van der Waals surface area contributed by atoms with Crippen LogP contribution in [0.25, 0.3) is 4.96 Å². The molecule has 0 aliphatic heterocycles. The summed E-state index contributed by atoms with van der Waals surface area (Å²) in [7, 11) is 3.24. The first-order valence-corrected chi connectivity index (χ1v) is 9.17. The van der Waals surface area contributed by atoms with Gasteiger partial charge >= 0.3 is 0 Å². The van der Waals surface area contributed by atoms with E-state index in [-0.39, 0.29) is 0 Å². The molecule has 0 fully saturated rings. The van der Waals surface area contributed by atoms with E-state index in [0.717, 1.165) is 27.1 Å². The molecule has 138 valence electrons. The van der Waals surface area contributed by atoms with Gasteiger partial charge in [-0.25, -0.2) is 0 Å². The number of benzene rings is 2. The molecule has 0 spiro atoms. The lowest BCUT2D eigenvalue weighted by Crippen LogP contribution is -2.01. The molecular weight excluding hydrogens is 364 g/mol. The highest BCUT2D eigenvalue weighted by Crippen LogP contribution is 2.28. The Morgan fingerprint density at radius 3 is 2.56 bits per heavy atom. The van der Waals surface area contributed by atoms with E-state index >= 15 is 0 Å². The van der Waals surface area contributed by atoms with Crippen molar-refractivity contribution in [2.75, 3.05) is 14.2 Å². The van der Waals surface area contributed by atoms with Crippen LogP contribution in [0.2, 0.25) is 0 Å². The van der Waals surface area contributed by atoms with Gasteiger partial charge < -0.3 is 14.2 Å². The second kappa shape index (κ2) is 7.63. The molecule has 8 heteroatoms. The molecule has 0 radical (unpaired) electrons. The molecule has 7 nitrogen and oxygen atoms in total. The topological polar surface area (TPSA) is 70.8 Å². The quantitative estimate of drug-likeness (QED) is 0.488. The third kappa shape index (κ3) is 3.70.